The minimum absolute atomic E-state index is 0.0439. The molecule has 5 fully saturated rings. The number of rotatable bonds is 5. The van der Waals surface area contributed by atoms with Crippen LogP contribution in [-0.4, -0.2) is 61.7 Å². The molecule has 9 heteroatoms. The highest BCUT2D eigenvalue weighted by molar-refractivity contribution is 7.89. The zero-order valence-corrected chi connectivity index (χ0v) is 20.6. The predicted molar refractivity (Wildman–Crippen MR) is 125 cm³/mol. The zero-order chi connectivity index (χ0) is 23.4. The summed E-state index contributed by atoms with van der Waals surface area (Å²) in [5, 5.41) is 3.22. The number of carbonyl (C=O) groups excluding carboxylic acids is 2. The minimum atomic E-state index is -3.71. The summed E-state index contributed by atoms with van der Waals surface area (Å²) >= 11 is 6.10. The van der Waals surface area contributed by atoms with E-state index in [1.54, 1.807) is 30.0 Å². The number of nitrogens with one attached hydrogen (secondary N) is 1. The summed E-state index contributed by atoms with van der Waals surface area (Å²) in [4.78, 5) is 28.1. The second-order valence-electron chi connectivity index (χ2n) is 10.6. The van der Waals surface area contributed by atoms with Crippen molar-refractivity contribution in [2.75, 3.05) is 26.2 Å². The van der Waals surface area contributed by atoms with Gasteiger partial charge in [-0.25, -0.2) is 8.42 Å². The van der Waals surface area contributed by atoms with E-state index in [4.69, 9.17) is 11.6 Å². The maximum Gasteiger partial charge on any atom is 0.244 e. The fourth-order valence-corrected chi connectivity index (χ4v) is 8.93. The van der Waals surface area contributed by atoms with E-state index < -0.39 is 16.1 Å². The number of hydrogen-bond acceptors (Lipinski definition) is 4. The Morgan fingerprint density at radius 2 is 1.55 bits per heavy atom. The second-order valence-corrected chi connectivity index (χ2v) is 12.9. The number of benzene rings is 1. The summed E-state index contributed by atoms with van der Waals surface area (Å²) in [5.41, 5.74) is -0.287. The molecule has 180 valence electrons. The largest absolute Gasteiger partial charge is 0.344 e. The van der Waals surface area contributed by atoms with Crippen molar-refractivity contribution in [3.63, 3.8) is 0 Å². The van der Waals surface area contributed by atoms with Crippen molar-refractivity contribution in [1.82, 2.24) is 14.5 Å². The second kappa shape index (κ2) is 8.54. The smallest absolute Gasteiger partial charge is 0.244 e. The van der Waals surface area contributed by atoms with Gasteiger partial charge in [0, 0.05) is 31.6 Å². The third-order valence-corrected chi connectivity index (χ3v) is 10.6. The lowest BCUT2D eigenvalue weighted by atomic mass is 9.49. The highest BCUT2D eigenvalue weighted by atomic mass is 35.5. The van der Waals surface area contributed by atoms with Crippen LogP contribution < -0.4 is 5.32 Å². The van der Waals surface area contributed by atoms with Crippen molar-refractivity contribution in [2.24, 2.45) is 23.2 Å². The Bertz CT molecular complexity index is 1020. The molecule has 7 nitrogen and oxygen atoms in total. The first-order chi connectivity index (χ1) is 15.7. The van der Waals surface area contributed by atoms with Gasteiger partial charge in [0.1, 0.15) is 10.9 Å². The van der Waals surface area contributed by atoms with Crippen LogP contribution in [0.25, 0.3) is 0 Å². The quantitative estimate of drug-likeness (QED) is 0.683. The summed E-state index contributed by atoms with van der Waals surface area (Å²) in [7, 11) is -3.71. The molecule has 0 spiro atoms. The first-order valence-corrected chi connectivity index (χ1v) is 13.8. The number of carbonyl (C=O) groups is 2. The van der Waals surface area contributed by atoms with Crippen LogP contribution in [0.4, 0.5) is 0 Å². The molecule has 6 rings (SSSR count). The summed E-state index contributed by atoms with van der Waals surface area (Å²) < 4.78 is 27.3. The SMILES string of the molecule is C[C@@H](NC(=O)C12CC3CC(CC(C3)C1)C2)C(=O)N1CCN(S(=O)(=O)c2ccccc2Cl)CC1. The van der Waals surface area contributed by atoms with Crippen LogP contribution in [0.15, 0.2) is 29.2 Å². The normalized spacial score (nSPS) is 32.5. The van der Waals surface area contributed by atoms with E-state index >= 15 is 0 Å². The summed E-state index contributed by atoms with van der Waals surface area (Å²) in [6.45, 7) is 2.73. The zero-order valence-electron chi connectivity index (χ0n) is 19.0. The summed E-state index contributed by atoms with van der Waals surface area (Å²) in [5.74, 6) is 1.90. The monoisotopic (exact) mass is 493 g/mol. The number of sulfonamides is 1. The van der Waals surface area contributed by atoms with E-state index in [1.807, 2.05) is 0 Å². The number of amides is 2. The summed E-state index contributed by atoms with van der Waals surface area (Å²) in [6, 6.07) is 5.78. The van der Waals surface area contributed by atoms with E-state index in [2.05, 4.69) is 5.32 Å². The van der Waals surface area contributed by atoms with Gasteiger partial charge >= 0.3 is 0 Å². The molecule has 5 aliphatic rings. The Kier molecular flexibility index (Phi) is 5.98. The number of nitrogens with zero attached hydrogens (tertiary/aromatic N) is 2. The molecule has 1 aliphatic heterocycles. The topological polar surface area (TPSA) is 86.8 Å². The molecule has 4 bridgehead atoms. The molecule has 1 N–H and O–H groups in total. The van der Waals surface area contributed by atoms with E-state index in [9.17, 15) is 18.0 Å². The fourth-order valence-electron chi connectivity index (χ4n) is 7.02. The molecule has 4 saturated carbocycles. The average molecular weight is 494 g/mol. The van der Waals surface area contributed by atoms with Gasteiger partial charge in [-0.1, -0.05) is 23.7 Å². The van der Waals surface area contributed by atoms with Crippen LogP contribution in [-0.2, 0) is 19.6 Å². The van der Waals surface area contributed by atoms with Crippen LogP contribution in [0, 0.1) is 23.2 Å². The Morgan fingerprint density at radius 3 is 2.09 bits per heavy atom. The van der Waals surface area contributed by atoms with Crippen molar-refractivity contribution in [3.8, 4) is 0 Å². The van der Waals surface area contributed by atoms with Gasteiger partial charge in [-0.3, -0.25) is 9.59 Å². The lowest BCUT2D eigenvalue weighted by molar-refractivity contribution is -0.149. The van der Waals surface area contributed by atoms with Crippen LogP contribution in [0.3, 0.4) is 0 Å². The molecule has 1 saturated heterocycles. The molecule has 1 aromatic carbocycles. The molecule has 0 radical (unpaired) electrons. The third-order valence-electron chi connectivity index (χ3n) is 8.24. The average Bonchev–Trinajstić information content (AvgIpc) is 2.78. The molecule has 1 heterocycles. The molecule has 1 aromatic rings. The summed E-state index contributed by atoms with van der Waals surface area (Å²) in [6.07, 6.45) is 6.69. The van der Waals surface area contributed by atoms with E-state index in [0.717, 1.165) is 19.3 Å². The minimum Gasteiger partial charge on any atom is -0.344 e. The standard InChI is InChI=1S/C24H32ClN3O4S/c1-16(26-23(30)24-13-17-10-18(14-24)12-19(11-17)15-24)22(29)27-6-8-28(9-7-27)33(31,32)21-5-3-2-4-20(21)25/h2-5,16-19H,6-15H2,1H3,(H,26,30)/t16-,17?,18?,19?,24?/m1/s1. The highest BCUT2D eigenvalue weighted by Crippen LogP contribution is 2.60. The lowest BCUT2D eigenvalue weighted by Gasteiger charge is -2.55. The van der Waals surface area contributed by atoms with Gasteiger partial charge in [-0.05, 0) is 75.3 Å². The number of piperazine rings is 1. The van der Waals surface area contributed by atoms with E-state index in [-0.39, 0.29) is 40.2 Å². The predicted octanol–water partition coefficient (Wildman–Crippen LogP) is 2.89. The molecule has 4 aliphatic carbocycles. The Morgan fingerprint density at radius 1 is 1.00 bits per heavy atom. The molecule has 1 atom stereocenters. The molecule has 33 heavy (non-hydrogen) atoms. The maximum atomic E-state index is 13.3. The van der Waals surface area contributed by atoms with Crippen LogP contribution >= 0.6 is 11.6 Å². The molecule has 2 amide bonds. The molecule has 0 aromatic heterocycles. The van der Waals surface area contributed by atoms with Crippen molar-refractivity contribution in [1.29, 1.82) is 0 Å². The van der Waals surface area contributed by atoms with Crippen LogP contribution in [0.5, 0.6) is 0 Å². The van der Waals surface area contributed by atoms with Crippen molar-refractivity contribution >= 4 is 33.4 Å². The van der Waals surface area contributed by atoms with E-state index in [0.29, 0.717) is 30.8 Å². The van der Waals surface area contributed by atoms with Gasteiger partial charge in [0.15, 0.2) is 0 Å². The number of halogens is 1. The van der Waals surface area contributed by atoms with Gasteiger partial charge in [-0.2, -0.15) is 4.31 Å². The van der Waals surface area contributed by atoms with Crippen molar-refractivity contribution in [2.45, 2.75) is 56.4 Å². The van der Waals surface area contributed by atoms with Crippen molar-refractivity contribution in [3.05, 3.63) is 29.3 Å². The lowest BCUT2D eigenvalue weighted by Crippen LogP contribution is -2.58. The molecule has 0 unspecified atom stereocenters. The Hall–Kier alpha value is -1.64. The first-order valence-electron chi connectivity index (χ1n) is 12.0. The van der Waals surface area contributed by atoms with Gasteiger partial charge in [0.2, 0.25) is 21.8 Å². The Balaban J connectivity index is 1.18. The van der Waals surface area contributed by atoms with Gasteiger partial charge < -0.3 is 10.2 Å². The van der Waals surface area contributed by atoms with Gasteiger partial charge in [0.25, 0.3) is 0 Å². The Labute approximate surface area is 200 Å². The van der Waals surface area contributed by atoms with Crippen LogP contribution in [0.1, 0.15) is 45.4 Å². The highest BCUT2D eigenvalue weighted by Gasteiger charge is 2.54. The fraction of sp³-hybridized carbons (Fsp3) is 0.667. The number of hydrogen-bond donors (Lipinski definition) is 1. The van der Waals surface area contributed by atoms with Crippen LogP contribution in [0.2, 0.25) is 5.02 Å². The van der Waals surface area contributed by atoms with Gasteiger partial charge in [-0.15, -0.1) is 0 Å². The van der Waals surface area contributed by atoms with Crippen molar-refractivity contribution < 1.29 is 18.0 Å². The first kappa shape index (κ1) is 23.1. The molecular formula is C24H32ClN3O4S. The van der Waals surface area contributed by atoms with Gasteiger partial charge in [0.05, 0.1) is 5.02 Å². The van der Waals surface area contributed by atoms with E-state index in [1.165, 1.54) is 29.6 Å². The molecular weight excluding hydrogens is 462 g/mol. The maximum absolute atomic E-state index is 13.3. The third kappa shape index (κ3) is 4.19.